The third-order valence-electron chi connectivity index (χ3n) is 5.65. The SMILES string of the molecule is Cc1cc(C(=O)N2CCC3(CC2)CCC3(C)O)ccc1Br. The van der Waals surface area contributed by atoms with Gasteiger partial charge in [-0.2, -0.15) is 0 Å². The molecule has 0 aromatic heterocycles. The molecule has 1 spiro atoms. The van der Waals surface area contributed by atoms with Crippen LogP contribution in [0.3, 0.4) is 0 Å². The second-order valence-corrected chi connectivity index (χ2v) is 7.66. The number of carbonyl (C=O) groups excluding carboxylic acids is 1. The number of aliphatic hydroxyl groups is 1. The van der Waals surface area contributed by atoms with Gasteiger partial charge in [-0.3, -0.25) is 4.79 Å². The molecule has 1 amide bonds. The normalized spacial score (nSPS) is 27.5. The number of hydrogen-bond acceptors (Lipinski definition) is 2. The van der Waals surface area contributed by atoms with Gasteiger partial charge in [-0.25, -0.2) is 0 Å². The summed E-state index contributed by atoms with van der Waals surface area (Å²) in [5.41, 5.74) is 1.36. The van der Waals surface area contributed by atoms with E-state index in [-0.39, 0.29) is 11.3 Å². The van der Waals surface area contributed by atoms with Crippen LogP contribution in [0.4, 0.5) is 0 Å². The Balaban J connectivity index is 1.69. The maximum atomic E-state index is 12.6. The van der Waals surface area contributed by atoms with Crippen LogP contribution < -0.4 is 0 Å². The van der Waals surface area contributed by atoms with Crippen molar-refractivity contribution >= 4 is 21.8 Å². The van der Waals surface area contributed by atoms with Crippen LogP contribution in [0, 0.1) is 12.3 Å². The summed E-state index contributed by atoms with van der Waals surface area (Å²) in [7, 11) is 0. The van der Waals surface area contributed by atoms with Crippen molar-refractivity contribution in [1.29, 1.82) is 0 Å². The number of hydrogen-bond donors (Lipinski definition) is 1. The summed E-state index contributed by atoms with van der Waals surface area (Å²) in [6.45, 7) is 5.46. The van der Waals surface area contributed by atoms with Crippen LogP contribution in [-0.2, 0) is 0 Å². The molecule has 1 atom stereocenters. The fourth-order valence-electron chi connectivity index (χ4n) is 3.73. The monoisotopic (exact) mass is 351 g/mol. The first-order valence-corrected chi connectivity index (χ1v) is 8.42. The lowest BCUT2D eigenvalue weighted by molar-refractivity contribution is -0.174. The van der Waals surface area contributed by atoms with E-state index in [1.807, 2.05) is 36.9 Å². The molecule has 21 heavy (non-hydrogen) atoms. The minimum absolute atomic E-state index is 0.0550. The van der Waals surface area contributed by atoms with E-state index >= 15 is 0 Å². The lowest BCUT2D eigenvalue weighted by Crippen LogP contribution is -2.60. The van der Waals surface area contributed by atoms with Gasteiger partial charge in [0.05, 0.1) is 5.60 Å². The average molecular weight is 352 g/mol. The summed E-state index contributed by atoms with van der Waals surface area (Å²) >= 11 is 3.47. The topological polar surface area (TPSA) is 40.5 Å². The number of halogens is 1. The van der Waals surface area contributed by atoms with Crippen molar-refractivity contribution in [3.8, 4) is 0 Å². The molecule has 1 aromatic carbocycles. The van der Waals surface area contributed by atoms with Crippen LogP contribution >= 0.6 is 15.9 Å². The fourth-order valence-corrected chi connectivity index (χ4v) is 3.97. The number of likely N-dealkylation sites (tertiary alicyclic amines) is 1. The zero-order valence-corrected chi connectivity index (χ0v) is 14.2. The number of amides is 1. The predicted octanol–water partition coefficient (Wildman–Crippen LogP) is 3.52. The van der Waals surface area contributed by atoms with E-state index in [2.05, 4.69) is 15.9 Å². The molecular weight excluding hydrogens is 330 g/mol. The third kappa shape index (κ3) is 2.42. The molecule has 1 aliphatic carbocycles. The fraction of sp³-hybridized carbons (Fsp3) is 0.588. The molecule has 2 fully saturated rings. The van der Waals surface area contributed by atoms with Crippen molar-refractivity contribution in [3.05, 3.63) is 33.8 Å². The summed E-state index contributed by atoms with van der Waals surface area (Å²) in [5, 5.41) is 10.4. The molecule has 0 bridgehead atoms. The van der Waals surface area contributed by atoms with Gasteiger partial charge >= 0.3 is 0 Å². The molecule has 1 aromatic rings. The van der Waals surface area contributed by atoms with E-state index < -0.39 is 5.60 Å². The van der Waals surface area contributed by atoms with Gasteiger partial charge in [-0.1, -0.05) is 15.9 Å². The minimum atomic E-state index is -0.531. The molecule has 3 rings (SSSR count). The maximum absolute atomic E-state index is 12.6. The number of aryl methyl sites for hydroxylation is 1. The van der Waals surface area contributed by atoms with Gasteiger partial charge in [0.1, 0.15) is 0 Å². The lowest BCUT2D eigenvalue weighted by atomic mass is 9.53. The highest BCUT2D eigenvalue weighted by Crippen LogP contribution is 2.56. The van der Waals surface area contributed by atoms with E-state index in [9.17, 15) is 9.90 Å². The number of piperidine rings is 1. The first kappa shape index (κ1) is 15.0. The molecule has 114 valence electrons. The summed E-state index contributed by atoms with van der Waals surface area (Å²) in [4.78, 5) is 14.5. The first-order chi connectivity index (χ1) is 9.85. The van der Waals surface area contributed by atoms with Crippen LogP contribution in [0.5, 0.6) is 0 Å². The second kappa shape index (κ2) is 5.10. The summed E-state index contributed by atoms with van der Waals surface area (Å²) < 4.78 is 1.03. The zero-order chi connectivity index (χ0) is 15.3. The largest absolute Gasteiger partial charge is 0.390 e. The van der Waals surface area contributed by atoms with Crippen LogP contribution in [0.15, 0.2) is 22.7 Å². The summed E-state index contributed by atoms with van der Waals surface area (Å²) in [6.07, 6.45) is 3.83. The van der Waals surface area contributed by atoms with Crippen molar-refractivity contribution in [2.45, 2.75) is 45.1 Å². The van der Waals surface area contributed by atoms with Crippen molar-refractivity contribution in [2.75, 3.05) is 13.1 Å². The third-order valence-corrected chi connectivity index (χ3v) is 6.54. The molecule has 1 saturated heterocycles. The highest BCUT2D eigenvalue weighted by Gasteiger charge is 2.55. The van der Waals surface area contributed by atoms with Crippen molar-refractivity contribution in [2.24, 2.45) is 5.41 Å². The molecular formula is C17H22BrNO2. The Morgan fingerprint density at radius 1 is 1.24 bits per heavy atom. The first-order valence-electron chi connectivity index (χ1n) is 7.63. The van der Waals surface area contributed by atoms with Gasteiger partial charge in [-0.15, -0.1) is 0 Å². The molecule has 1 N–H and O–H groups in total. The molecule has 1 heterocycles. The number of carbonyl (C=O) groups is 1. The summed E-state index contributed by atoms with van der Waals surface area (Å²) in [5.74, 6) is 0.111. The minimum Gasteiger partial charge on any atom is -0.390 e. The molecule has 2 aliphatic rings. The Morgan fingerprint density at radius 2 is 1.90 bits per heavy atom. The Labute approximate surface area is 134 Å². The van der Waals surface area contributed by atoms with Gasteiger partial charge in [0.15, 0.2) is 0 Å². The highest BCUT2D eigenvalue weighted by molar-refractivity contribution is 9.10. The van der Waals surface area contributed by atoms with Crippen LogP contribution in [-0.4, -0.2) is 34.6 Å². The van der Waals surface area contributed by atoms with Gasteiger partial charge in [0.2, 0.25) is 0 Å². The Morgan fingerprint density at radius 3 is 2.38 bits per heavy atom. The van der Waals surface area contributed by atoms with Crippen molar-refractivity contribution in [1.82, 2.24) is 4.90 Å². The average Bonchev–Trinajstić information content (AvgIpc) is 2.48. The number of rotatable bonds is 1. The number of nitrogens with zero attached hydrogens (tertiary/aromatic N) is 1. The van der Waals surface area contributed by atoms with Gasteiger partial charge in [0, 0.05) is 28.5 Å². The smallest absolute Gasteiger partial charge is 0.253 e. The summed E-state index contributed by atoms with van der Waals surface area (Å²) in [6, 6.07) is 5.75. The second-order valence-electron chi connectivity index (χ2n) is 6.81. The van der Waals surface area contributed by atoms with E-state index in [0.29, 0.717) is 0 Å². The molecule has 4 heteroatoms. The lowest BCUT2D eigenvalue weighted by Gasteiger charge is -2.58. The van der Waals surface area contributed by atoms with Crippen LogP contribution in [0.25, 0.3) is 0 Å². The Bertz CT molecular complexity index is 574. The number of benzene rings is 1. The Kier molecular flexibility index (Phi) is 3.65. The van der Waals surface area contributed by atoms with Gasteiger partial charge in [-0.05, 0) is 63.3 Å². The van der Waals surface area contributed by atoms with Crippen LogP contribution in [0.2, 0.25) is 0 Å². The zero-order valence-electron chi connectivity index (χ0n) is 12.7. The van der Waals surface area contributed by atoms with Crippen molar-refractivity contribution in [3.63, 3.8) is 0 Å². The molecule has 1 aliphatic heterocycles. The van der Waals surface area contributed by atoms with E-state index in [4.69, 9.17) is 0 Å². The standard InChI is InChI=1S/C17H22BrNO2/c1-12-11-13(3-4-14(12)18)15(20)19-9-7-17(8-10-19)6-5-16(17,2)21/h3-4,11,21H,5-10H2,1-2H3. The molecule has 0 radical (unpaired) electrons. The Hall–Kier alpha value is -0.870. The van der Waals surface area contributed by atoms with E-state index in [0.717, 1.165) is 54.4 Å². The molecule has 1 unspecified atom stereocenters. The van der Waals surface area contributed by atoms with Crippen LogP contribution in [0.1, 0.15) is 48.5 Å². The molecule has 1 saturated carbocycles. The van der Waals surface area contributed by atoms with E-state index in [1.54, 1.807) is 0 Å². The highest BCUT2D eigenvalue weighted by atomic mass is 79.9. The quantitative estimate of drug-likeness (QED) is 0.840. The van der Waals surface area contributed by atoms with Gasteiger partial charge in [0.25, 0.3) is 5.91 Å². The van der Waals surface area contributed by atoms with Gasteiger partial charge < -0.3 is 10.0 Å². The van der Waals surface area contributed by atoms with Crippen molar-refractivity contribution < 1.29 is 9.90 Å². The maximum Gasteiger partial charge on any atom is 0.253 e. The van der Waals surface area contributed by atoms with E-state index in [1.165, 1.54) is 0 Å². The predicted molar refractivity (Wildman–Crippen MR) is 86.3 cm³/mol. The molecule has 3 nitrogen and oxygen atoms in total.